The zero-order valence-corrected chi connectivity index (χ0v) is 34.1. The van der Waals surface area contributed by atoms with E-state index in [9.17, 15) is 4.79 Å². The molecule has 0 saturated carbocycles. The van der Waals surface area contributed by atoms with Crippen LogP contribution in [-0.4, -0.2) is 72.6 Å². The fourth-order valence-corrected chi connectivity index (χ4v) is 5.95. The van der Waals surface area contributed by atoms with Gasteiger partial charge in [-0.25, -0.2) is 19.4 Å². The van der Waals surface area contributed by atoms with Crippen molar-refractivity contribution in [3.8, 4) is 40.3 Å². The van der Waals surface area contributed by atoms with E-state index >= 15 is 0 Å². The molecule has 0 saturated heterocycles. The number of carbonyl (C=O) groups excluding carboxylic acids is 1. The fraction of sp³-hybridized carbons (Fsp3) is 0.429. The first kappa shape index (κ1) is 41.4. The molecule has 3 aromatic carbocycles. The quantitative estimate of drug-likeness (QED) is 0.0949. The molecule has 2 aliphatic heterocycles. The number of nitrogens with zero attached hydrogens (tertiary/aromatic N) is 5. The van der Waals surface area contributed by atoms with Gasteiger partial charge < -0.3 is 43.4 Å². The number of aromatic nitrogens is 4. The lowest BCUT2D eigenvalue weighted by molar-refractivity contribution is 0.0523. The highest BCUT2D eigenvalue weighted by Gasteiger charge is 2.30. The van der Waals surface area contributed by atoms with Crippen molar-refractivity contribution in [3.63, 3.8) is 0 Å². The van der Waals surface area contributed by atoms with Crippen LogP contribution in [0.2, 0.25) is 0 Å². The van der Waals surface area contributed by atoms with Gasteiger partial charge in [0, 0.05) is 49.5 Å². The second-order valence-corrected chi connectivity index (χ2v) is 14.3. The van der Waals surface area contributed by atoms with Gasteiger partial charge in [0.05, 0.1) is 41.1 Å². The third-order valence-corrected chi connectivity index (χ3v) is 8.55. The second kappa shape index (κ2) is 18.7. The SMILES string of the molecule is CCOCc1nc2c(N(Cc3ccc(OC)cc3OC)Cc3ccc(OC)cc3OC)nn(Cc3ccc(CNC(=O)OC(C)(C)C)cc3)c(OC(C)C)c-2n1. The molecule has 5 rings (SSSR count). The summed E-state index contributed by atoms with van der Waals surface area (Å²) >= 11 is 0. The van der Waals surface area contributed by atoms with Gasteiger partial charge >= 0.3 is 6.09 Å². The summed E-state index contributed by atoms with van der Waals surface area (Å²) in [7, 11) is 6.52. The smallest absolute Gasteiger partial charge is 0.407 e. The third kappa shape index (κ3) is 10.7. The van der Waals surface area contributed by atoms with Gasteiger partial charge in [-0.2, -0.15) is 0 Å². The van der Waals surface area contributed by atoms with Gasteiger partial charge in [0.2, 0.25) is 5.88 Å². The number of ether oxygens (including phenoxy) is 7. The van der Waals surface area contributed by atoms with Gasteiger partial charge in [-0.15, -0.1) is 5.10 Å². The van der Waals surface area contributed by atoms with E-state index < -0.39 is 11.7 Å². The van der Waals surface area contributed by atoms with Crippen molar-refractivity contribution >= 4 is 11.9 Å². The number of imidazole rings is 1. The molecule has 1 N–H and O–H groups in total. The minimum Gasteiger partial charge on any atom is -0.497 e. The van der Waals surface area contributed by atoms with Crippen molar-refractivity contribution in [2.24, 2.45) is 0 Å². The summed E-state index contributed by atoms with van der Waals surface area (Å²) in [4.78, 5) is 24.4. The van der Waals surface area contributed by atoms with Crippen LogP contribution in [0.15, 0.2) is 60.7 Å². The average Bonchev–Trinajstić information content (AvgIpc) is 3.61. The maximum absolute atomic E-state index is 12.3. The van der Waals surface area contributed by atoms with Crippen molar-refractivity contribution in [2.45, 2.75) is 86.0 Å². The highest BCUT2D eigenvalue weighted by atomic mass is 16.6. The molecule has 0 bridgehead atoms. The lowest BCUT2D eigenvalue weighted by atomic mass is 10.1. The van der Waals surface area contributed by atoms with Crippen LogP contribution >= 0.6 is 0 Å². The summed E-state index contributed by atoms with van der Waals surface area (Å²) < 4.78 is 42.2. The van der Waals surface area contributed by atoms with Crippen LogP contribution in [0.1, 0.15) is 69.6 Å². The average molecular weight is 771 g/mol. The predicted octanol–water partition coefficient (Wildman–Crippen LogP) is 7.42. The normalized spacial score (nSPS) is 11.4. The number of rotatable bonds is 18. The van der Waals surface area contributed by atoms with E-state index in [-0.39, 0.29) is 12.7 Å². The topological polar surface area (TPSA) is 141 Å². The number of amides is 1. The lowest BCUT2D eigenvalue weighted by Gasteiger charge is -2.29. The summed E-state index contributed by atoms with van der Waals surface area (Å²) in [6.07, 6.45) is -0.658. The molecule has 14 nitrogen and oxygen atoms in total. The Morgan fingerprint density at radius 3 is 1.89 bits per heavy atom. The first-order valence-corrected chi connectivity index (χ1v) is 18.6. The number of nitrogens with one attached hydrogen (secondary N) is 1. The van der Waals surface area contributed by atoms with Crippen molar-refractivity contribution in [3.05, 3.63) is 88.7 Å². The van der Waals surface area contributed by atoms with Gasteiger partial charge in [0.1, 0.15) is 40.9 Å². The minimum absolute atomic E-state index is 0.186. The molecule has 2 heterocycles. The van der Waals surface area contributed by atoms with E-state index in [2.05, 4.69) is 10.2 Å². The van der Waals surface area contributed by atoms with Gasteiger partial charge in [-0.3, -0.25) is 0 Å². The first-order chi connectivity index (χ1) is 26.8. The summed E-state index contributed by atoms with van der Waals surface area (Å²) in [5.74, 6) is 4.24. The summed E-state index contributed by atoms with van der Waals surface area (Å²) in [5.41, 5.74) is 4.21. The Hall–Kier alpha value is -5.76. The number of hydrogen-bond acceptors (Lipinski definition) is 12. The molecule has 0 radical (unpaired) electrons. The maximum atomic E-state index is 12.3. The molecule has 56 heavy (non-hydrogen) atoms. The Bertz CT molecular complexity index is 1970. The van der Waals surface area contributed by atoms with Gasteiger partial charge in [-0.05, 0) is 76.9 Å². The number of alkyl carbamates (subject to hydrolysis) is 1. The van der Waals surface area contributed by atoms with Crippen LogP contribution in [0.25, 0.3) is 11.4 Å². The van der Waals surface area contributed by atoms with Crippen LogP contribution in [0, 0.1) is 0 Å². The summed E-state index contributed by atoms with van der Waals surface area (Å²) in [6.45, 7) is 13.5. The summed E-state index contributed by atoms with van der Waals surface area (Å²) in [6, 6.07) is 19.4. The van der Waals surface area contributed by atoms with E-state index in [0.29, 0.717) is 84.7 Å². The highest BCUT2D eigenvalue weighted by Crippen LogP contribution is 2.40. The molecule has 0 aromatic heterocycles. The second-order valence-electron chi connectivity index (χ2n) is 14.3. The van der Waals surface area contributed by atoms with Crippen molar-refractivity contribution in [2.75, 3.05) is 39.9 Å². The molecule has 0 unspecified atom stereocenters. The molecule has 0 atom stereocenters. The van der Waals surface area contributed by atoms with E-state index in [0.717, 1.165) is 22.3 Å². The van der Waals surface area contributed by atoms with Crippen molar-refractivity contribution in [1.82, 2.24) is 25.1 Å². The van der Waals surface area contributed by atoms with E-state index in [1.807, 2.05) is 107 Å². The molecule has 14 heteroatoms. The predicted molar refractivity (Wildman–Crippen MR) is 213 cm³/mol. The Morgan fingerprint density at radius 1 is 0.804 bits per heavy atom. The van der Waals surface area contributed by atoms with E-state index in [1.165, 1.54) is 0 Å². The maximum Gasteiger partial charge on any atom is 0.407 e. The first-order valence-electron chi connectivity index (χ1n) is 18.6. The molecule has 0 spiro atoms. The fourth-order valence-electron chi connectivity index (χ4n) is 5.95. The minimum atomic E-state index is -0.583. The van der Waals surface area contributed by atoms with Gasteiger partial charge in [0.15, 0.2) is 17.3 Å². The Labute approximate surface area is 329 Å². The number of benzene rings is 3. The van der Waals surface area contributed by atoms with Gasteiger partial charge in [-0.1, -0.05) is 24.3 Å². The molecule has 0 fully saturated rings. The Morgan fingerprint density at radius 2 is 1.38 bits per heavy atom. The van der Waals surface area contributed by atoms with E-state index in [1.54, 1.807) is 28.4 Å². The number of methoxy groups -OCH3 is 4. The highest BCUT2D eigenvalue weighted by molar-refractivity contribution is 5.75. The monoisotopic (exact) mass is 770 g/mol. The largest absolute Gasteiger partial charge is 0.497 e. The Balaban J connectivity index is 1.63. The molecular weight excluding hydrogens is 716 g/mol. The van der Waals surface area contributed by atoms with Crippen LogP contribution in [0.4, 0.5) is 10.6 Å². The number of anilines is 1. The molecule has 3 aromatic rings. The third-order valence-electron chi connectivity index (χ3n) is 8.55. The molecule has 1 amide bonds. The Kier molecular flexibility index (Phi) is 13.8. The standard InChI is InChI=1S/C42H54N6O8/c1-11-54-26-36-44-37-38(45-36)40(55-27(2)3)48(23-29-14-12-28(13-15-29)22-43-41(49)56-42(4,5)6)46-39(37)47(24-30-16-18-32(50-7)20-34(30)52-9)25-31-17-19-33(51-8)21-35(31)53-10/h12-21,27H,11,22-26H2,1-10H3,(H,43,49). The molecular formula is C42H54N6O8. The molecule has 300 valence electrons. The molecule has 0 aliphatic carbocycles. The zero-order chi connectivity index (χ0) is 40.4. The van der Waals surface area contributed by atoms with E-state index in [4.69, 9.17) is 48.2 Å². The van der Waals surface area contributed by atoms with Crippen LogP contribution in [-0.2, 0) is 42.3 Å². The number of fused-ring (bicyclic) bond motifs is 1. The zero-order valence-electron chi connectivity index (χ0n) is 34.1. The summed E-state index contributed by atoms with van der Waals surface area (Å²) in [5, 5.41) is 8.12. The van der Waals surface area contributed by atoms with Crippen molar-refractivity contribution < 1.29 is 38.0 Å². The number of hydrogen-bond donors (Lipinski definition) is 1. The van der Waals surface area contributed by atoms with Gasteiger partial charge in [0.25, 0.3) is 0 Å². The van der Waals surface area contributed by atoms with Crippen LogP contribution in [0.3, 0.4) is 0 Å². The lowest BCUT2D eigenvalue weighted by Crippen LogP contribution is -2.32. The van der Waals surface area contributed by atoms with Crippen LogP contribution < -0.4 is 33.9 Å². The van der Waals surface area contributed by atoms with Crippen LogP contribution in [0.5, 0.6) is 28.9 Å². The molecule has 2 aliphatic rings. The van der Waals surface area contributed by atoms with Crippen molar-refractivity contribution in [1.29, 1.82) is 0 Å². The number of carbonyl (C=O) groups is 1.